The zero-order chi connectivity index (χ0) is 15.0. The molecule has 1 atom stereocenters. The second-order valence-electron chi connectivity index (χ2n) is 5.89. The fourth-order valence-corrected chi connectivity index (χ4v) is 3.80. The molecule has 0 aromatic rings. The predicted octanol–water partition coefficient (Wildman–Crippen LogP) is 6.07. The third-order valence-electron chi connectivity index (χ3n) is 4.97. The van der Waals surface area contributed by atoms with Crippen LogP contribution in [-0.4, -0.2) is 12.7 Å². The number of ether oxygens (including phenoxy) is 1. The molecule has 112 valence electrons. The second kappa shape index (κ2) is 8.19. The van der Waals surface area contributed by atoms with E-state index in [2.05, 4.69) is 34.6 Å². The molecule has 0 bridgehead atoms. The SMILES string of the molecule is CC.CC.CCC1(C(C)(C)OC)CCCC1(C)C. The summed E-state index contributed by atoms with van der Waals surface area (Å²) < 4.78 is 5.75. The van der Waals surface area contributed by atoms with Crippen LogP contribution < -0.4 is 0 Å². The molecule has 0 N–H and O–H groups in total. The molecule has 0 aromatic carbocycles. The standard InChI is InChI=1S/C13H26O.2C2H6/c1-7-13(12(4,5)14-6)10-8-9-11(13,2)3;2*1-2/h7-10H2,1-6H3;2*1-2H3. The monoisotopic (exact) mass is 258 g/mol. The van der Waals surface area contributed by atoms with Crippen LogP contribution in [0.3, 0.4) is 0 Å². The van der Waals surface area contributed by atoms with Crippen molar-refractivity contribution in [3.05, 3.63) is 0 Å². The smallest absolute Gasteiger partial charge is 0.0683 e. The van der Waals surface area contributed by atoms with E-state index in [0.717, 1.165) is 0 Å². The Labute approximate surface area is 117 Å². The van der Waals surface area contributed by atoms with Crippen molar-refractivity contribution in [3.63, 3.8) is 0 Å². The van der Waals surface area contributed by atoms with Gasteiger partial charge < -0.3 is 4.74 Å². The molecule has 0 spiro atoms. The van der Waals surface area contributed by atoms with Gasteiger partial charge in [0.15, 0.2) is 0 Å². The van der Waals surface area contributed by atoms with Crippen LogP contribution in [0.5, 0.6) is 0 Å². The predicted molar refractivity (Wildman–Crippen MR) is 84.1 cm³/mol. The lowest BCUT2D eigenvalue weighted by Gasteiger charge is -2.51. The van der Waals surface area contributed by atoms with E-state index in [1.165, 1.54) is 25.7 Å². The summed E-state index contributed by atoms with van der Waals surface area (Å²) in [5.41, 5.74) is 0.776. The first kappa shape index (κ1) is 20.3. The first-order chi connectivity index (χ1) is 8.33. The molecular weight excluding hydrogens is 220 g/mol. The lowest BCUT2D eigenvalue weighted by atomic mass is 9.58. The number of methoxy groups -OCH3 is 1. The minimum Gasteiger partial charge on any atom is -0.378 e. The van der Waals surface area contributed by atoms with Crippen LogP contribution in [0.2, 0.25) is 0 Å². The van der Waals surface area contributed by atoms with E-state index in [0.29, 0.717) is 10.8 Å². The molecule has 1 saturated carbocycles. The lowest BCUT2D eigenvalue weighted by molar-refractivity contribution is -0.133. The molecule has 1 nitrogen and oxygen atoms in total. The highest BCUT2D eigenvalue weighted by Gasteiger charge is 2.56. The molecule has 0 aromatic heterocycles. The van der Waals surface area contributed by atoms with Crippen LogP contribution >= 0.6 is 0 Å². The van der Waals surface area contributed by atoms with E-state index in [4.69, 9.17) is 4.74 Å². The maximum atomic E-state index is 5.75. The van der Waals surface area contributed by atoms with Crippen LogP contribution in [0.25, 0.3) is 0 Å². The van der Waals surface area contributed by atoms with Crippen LogP contribution in [0, 0.1) is 10.8 Å². The van der Waals surface area contributed by atoms with Crippen LogP contribution in [0.1, 0.15) is 88.0 Å². The van der Waals surface area contributed by atoms with Gasteiger partial charge in [-0.05, 0) is 38.5 Å². The van der Waals surface area contributed by atoms with Gasteiger partial charge >= 0.3 is 0 Å². The summed E-state index contributed by atoms with van der Waals surface area (Å²) in [4.78, 5) is 0. The van der Waals surface area contributed by atoms with E-state index in [1.807, 2.05) is 34.8 Å². The summed E-state index contributed by atoms with van der Waals surface area (Å²) in [6.07, 6.45) is 5.24. The maximum Gasteiger partial charge on any atom is 0.0683 e. The molecule has 1 aliphatic carbocycles. The minimum atomic E-state index is 0.00174. The molecule has 18 heavy (non-hydrogen) atoms. The van der Waals surface area contributed by atoms with Gasteiger partial charge in [-0.2, -0.15) is 0 Å². The van der Waals surface area contributed by atoms with E-state index in [1.54, 1.807) is 0 Å². The molecule has 0 radical (unpaired) electrons. The number of hydrogen-bond donors (Lipinski definition) is 0. The Balaban J connectivity index is 0. The molecule has 1 heteroatoms. The third-order valence-corrected chi connectivity index (χ3v) is 4.97. The zero-order valence-electron chi connectivity index (χ0n) is 14.7. The fraction of sp³-hybridized carbons (Fsp3) is 1.00. The van der Waals surface area contributed by atoms with Gasteiger partial charge in [-0.25, -0.2) is 0 Å². The van der Waals surface area contributed by atoms with E-state index in [9.17, 15) is 0 Å². The van der Waals surface area contributed by atoms with Crippen molar-refractivity contribution in [2.24, 2.45) is 10.8 Å². The third kappa shape index (κ3) is 3.50. The molecule has 0 amide bonds. The minimum absolute atomic E-state index is 0.00174. The van der Waals surface area contributed by atoms with Crippen molar-refractivity contribution in [2.45, 2.75) is 93.6 Å². The molecule has 1 rings (SSSR count). The van der Waals surface area contributed by atoms with E-state index in [-0.39, 0.29) is 5.60 Å². The fourth-order valence-electron chi connectivity index (χ4n) is 3.80. The molecule has 1 unspecified atom stereocenters. The largest absolute Gasteiger partial charge is 0.378 e. The molecule has 1 aliphatic rings. The number of hydrogen-bond acceptors (Lipinski definition) is 1. The maximum absolute atomic E-state index is 5.75. The topological polar surface area (TPSA) is 9.23 Å². The van der Waals surface area contributed by atoms with Gasteiger partial charge in [-0.3, -0.25) is 0 Å². The Bertz CT molecular complexity index is 206. The van der Waals surface area contributed by atoms with Gasteiger partial charge in [0.2, 0.25) is 0 Å². The highest BCUT2D eigenvalue weighted by Crippen LogP contribution is 2.60. The second-order valence-corrected chi connectivity index (χ2v) is 5.89. The molecule has 0 heterocycles. The first-order valence-corrected chi connectivity index (χ1v) is 7.88. The summed E-state index contributed by atoms with van der Waals surface area (Å²) in [6.45, 7) is 19.6. The summed E-state index contributed by atoms with van der Waals surface area (Å²) in [7, 11) is 1.85. The van der Waals surface area contributed by atoms with Gasteiger partial charge in [0.25, 0.3) is 0 Å². The summed E-state index contributed by atoms with van der Waals surface area (Å²) in [5.74, 6) is 0. The van der Waals surface area contributed by atoms with Crippen molar-refractivity contribution < 1.29 is 4.74 Å². The molecule has 0 saturated heterocycles. The van der Waals surface area contributed by atoms with Crippen LogP contribution in [0.15, 0.2) is 0 Å². The van der Waals surface area contributed by atoms with Crippen molar-refractivity contribution in [1.29, 1.82) is 0 Å². The summed E-state index contributed by atoms with van der Waals surface area (Å²) in [5, 5.41) is 0. The van der Waals surface area contributed by atoms with Gasteiger partial charge in [-0.1, -0.05) is 54.9 Å². The lowest BCUT2D eigenvalue weighted by Crippen LogP contribution is -2.50. The average Bonchev–Trinajstić information content (AvgIpc) is 2.70. The normalized spacial score (nSPS) is 25.7. The molecule has 0 aliphatic heterocycles. The van der Waals surface area contributed by atoms with Gasteiger partial charge in [0.1, 0.15) is 0 Å². The van der Waals surface area contributed by atoms with Crippen LogP contribution in [-0.2, 0) is 4.74 Å². The van der Waals surface area contributed by atoms with Crippen molar-refractivity contribution in [2.75, 3.05) is 7.11 Å². The van der Waals surface area contributed by atoms with Crippen molar-refractivity contribution >= 4 is 0 Å². The Morgan fingerprint density at radius 3 is 1.67 bits per heavy atom. The Morgan fingerprint density at radius 1 is 1.00 bits per heavy atom. The van der Waals surface area contributed by atoms with Crippen LogP contribution in [0.4, 0.5) is 0 Å². The number of rotatable bonds is 3. The van der Waals surface area contributed by atoms with Gasteiger partial charge in [0.05, 0.1) is 5.60 Å². The Hall–Kier alpha value is -0.0400. The quantitative estimate of drug-likeness (QED) is 0.597. The highest BCUT2D eigenvalue weighted by molar-refractivity contribution is 5.06. The highest BCUT2D eigenvalue weighted by atomic mass is 16.5. The Morgan fingerprint density at radius 2 is 1.44 bits per heavy atom. The first-order valence-electron chi connectivity index (χ1n) is 7.88. The molecule has 1 fully saturated rings. The van der Waals surface area contributed by atoms with Crippen molar-refractivity contribution in [1.82, 2.24) is 0 Å². The van der Waals surface area contributed by atoms with Crippen molar-refractivity contribution in [3.8, 4) is 0 Å². The molecular formula is C17H38O. The van der Waals surface area contributed by atoms with Gasteiger partial charge in [0, 0.05) is 12.5 Å². The van der Waals surface area contributed by atoms with E-state index >= 15 is 0 Å². The van der Waals surface area contributed by atoms with Gasteiger partial charge in [-0.15, -0.1) is 0 Å². The zero-order valence-corrected chi connectivity index (χ0v) is 14.7. The summed E-state index contributed by atoms with van der Waals surface area (Å²) >= 11 is 0. The summed E-state index contributed by atoms with van der Waals surface area (Å²) in [6, 6.07) is 0. The average molecular weight is 258 g/mol. The Kier molecular flexibility index (Phi) is 9.23. The van der Waals surface area contributed by atoms with E-state index < -0.39 is 0 Å².